The lowest BCUT2D eigenvalue weighted by molar-refractivity contribution is 0.0697. The molecule has 1 heterocycles. The van der Waals surface area contributed by atoms with Crippen LogP contribution in [0.1, 0.15) is 21.6 Å². The first-order valence-corrected chi connectivity index (χ1v) is 5.55. The van der Waals surface area contributed by atoms with Crippen LogP contribution in [0.15, 0.2) is 29.1 Å². The average Bonchev–Trinajstić information content (AvgIpc) is 2.67. The van der Waals surface area contributed by atoms with Crippen molar-refractivity contribution < 1.29 is 9.90 Å². The first kappa shape index (κ1) is 12.6. The van der Waals surface area contributed by atoms with Crippen LogP contribution in [0, 0.1) is 18.3 Å². The third kappa shape index (κ3) is 2.26. The Morgan fingerprint density at radius 2 is 2.26 bits per heavy atom. The van der Waals surface area contributed by atoms with Crippen LogP contribution in [0.5, 0.6) is 0 Å². The van der Waals surface area contributed by atoms with Gasteiger partial charge < -0.3 is 5.11 Å². The number of carboxylic acids is 1. The Morgan fingerprint density at radius 3 is 2.89 bits per heavy atom. The Kier molecular flexibility index (Phi) is 3.21. The Bertz CT molecular complexity index is 734. The van der Waals surface area contributed by atoms with E-state index < -0.39 is 5.97 Å². The summed E-state index contributed by atoms with van der Waals surface area (Å²) < 4.78 is 1.24. The van der Waals surface area contributed by atoms with E-state index in [1.54, 1.807) is 19.1 Å². The van der Waals surface area contributed by atoms with Crippen molar-refractivity contribution in [2.75, 3.05) is 0 Å². The second-order valence-electron chi connectivity index (χ2n) is 4.05. The van der Waals surface area contributed by atoms with E-state index in [0.717, 1.165) is 0 Å². The van der Waals surface area contributed by atoms with Gasteiger partial charge in [-0.05, 0) is 25.1 Å². The van der Waals surface area contributed by atoms with E-state index in [4.69, 9.17) is 10.4 Å². The molecule has 6 nitrogen and oxygen atoms in total. The summed E-state index contributed by atoms with van der Waals surface area (Å²) in [6.07, 6.45) is 0.0206. The van der Waals surface area contributed by atoms with Gasteiger partial charge in [-0.2, -0.15) is 5.26 Å². The molecular formula is C13H11N3O3. The number of hydrogen-bond donors (Lipinski definition) is 2. The molecule has 0 aliphatic carbocycles. The molecule has 96 valence electrons. The van der Waals surface area contributed by atoms with Crippen LogP contribution in [0.25, 0.3) is 5.69 Å². The molecule has 0 spiro atoms. The molecule has 2 rings (SSSR count). The van der Waals surface area contributed by atoms with Crippen LogP contribution in [0.2, 0.25) is 0 Å². The summed E-state index contributed by atoms with van der Waals surface area (Å²) >= 11 is 0. The van der Waals surface area contributed by atoms with Crippen LogP contribution in [-0.4, -0.2) is 20.9 Å². The number of aromatic amines is 1. The van der Waals surface area contributed by atoms with E-state index in [1.807, 2.05) is 6.07 Å². The number of hydrogen-bond acceptors (Lipinski definition) is 3. The smallest absolute Gasteiger partial charge is 0.335 e. The van der Waals surface area contributed by atoms with Gasteiger partial charge in [-0.1, -0.05) is 6.07 Å². The molecule has 0 saturated heterocycles. The highest BCUT2D eigenvalue weighted by molar-refractivity contribution is 5.88. The van der Waals surface area contributed by atoms with Gasteiger partial charge in [-0.15, -0.1) is 0 Å². The van der Waals surface area contributed by atoms with E-state index in [-0.39, 0.29) is 17.5 Å². The molecule has 2 N–H and O–H groups in total. The molecule has 0 aliphatic heterocycles. The number of rotatable bonds is 3. The van der Waals surface area contributed by atoms with Crippen molar-refractivity contribution in [1.82, 2.24) is 9.78 Å². The molecule has 0 bridgehead atoms. The number of nitriles is 1. The van der Waals surface area contributed by atoms with Crippen molar-refractivity contribution in [3.63, 3.8) is 0 Å². The zero-order valence-corrected chi connectivity index (χ0v) is 10.2. The number of nitrogens with zero attached hydrogens (tertiary/aromatic N) is 2. The summed E-state index contributed by atoms with van der Waals surface area (Å²) in [5, 5.41) is 20.4. The number of aromatic nitrogens is 2. The third-order valence-electron chi connectivity index (χ3n) is 2.80. The van der Waals surface area contributed by atoms with Gasteiger partial charge in [0.25, 0.3) is 5.56 Å². The van der Waals surface area contributed by atoms with Crippen molar-refractivity contribution in [2.24, 2.45) is 0 Å². The largest absolute Gasteiger partial charge is 0.478 e. The monoisotopic (exact) mass is 257 g/mol. The van der Waals surface area contributed by atoms with Crippen molar-refractivity contribution >= 4 is 5.97 Å². The van der Waals surface area contributed by atoms with Gasteiger partial charge in [0.15, 0.2) is 0 Å². The maximum atomic E-state index is 12.1. The number of carbonyl (C=O) groups is 1. The zero-order chi connectivity index (χ0) is 14.0. The molecule has 0 aliphatic rings. The molecule has 1 aromatic carbocycles. The van der Waals surface area contributed by atoms with Crippen LogP contribution in [0.3, 0.4) is 0 Å². The summed E-state index contributed by atoms with van der Waals surface area (Å²) in [7, 11) is 0. The predicted molar refractivity (Wildman–Crippen MR) is 67.4 cm³/mol. The molecule has 0 unspecified atom stereocenters. The van der Waals surface area contributed by atoms with E-state index in [0.29, 0.717) is 16.9 Å². The van der Waals surface area contributed by atoms with Gasteiger partial charge in [-0.25, -0.2) is 9.48 Å². The van der Waals surface area contributed by atoms with Crippen LogP contribution in [0.4, 0.5) is 0 Å². The van der Waals surface area contributed by atoms with Crippen molar-refractivity contribution in [1.29, 1.82) is 5.26 Å². The van der Waals surface area contributed by atoms with Crippen LogP contribution < -0.4 is 5.56 Å². The summed E-state index contributed by atoms with van der Waals surface area (Å²) in [4.78, 5) is 23.0. The topological polar surface area (TPSA) is 98.9 Å². The summed E-state index contributed by atoms with van der Waals surface area (Å²) in [6, 6.07) is 7.96. The molecule has 0 amide bonds. The Labute approximate surface area is 108 Å². The minimum Gasteiger partial charge on any atom is -0.478 e. The minimum atomic E-state index is -1.06. The molecule has 0 atom stereocenters. The fourth-order valence-electron chi connectivity index (χ4n) is 1.83. The van der Waals surface area contributed by atoms with Gasteiger partial charge in [0.05, 0.1) is 29.3 Å². The summed E-state index contributed by atoms with van der Waals surface area (Å²) in [5.41, 5.74) is 1.19. The molecule has 6 heteroatoms. The summed E-state index contributed by atoms with van der Waals surface area (Å²) in [5.74, 6) is -1.06. The van der Waals surface area contributed by atoms with Gasteiger partial charge in [0, 0.05) is 5.69 Å². The highest BCUT2D eigenvalue weighted by atomic mass is 16.4. The predicted octanol–water partition coefficient (Wildman–Crippen LogP) is 1.24. The first-order valence-electron chi connectivity index (χ1n) is 5.55. The highest BCUT2D eigenvalue weighted by Crippen LogP contribution is 2.10. The average molecular weight is 257 g/mol. The van der Waals surface area contributed by atoms with Gasteiger partial charge >= 0.3 is 5.97 Å². The maximum Gasteiger partial charge on any atom is 0.335 e. The second-order valence-corrected chi connectivity index (χ2v) is 4.05. The van der Waals surface area contributed by atoms with Crippen molar-refractivity contribution in [2.45, 2.75) is 13.3 Å². The molecule has 19 heavy (non-hydrogen) atoms. The molecule has 0 saturated carbocycles. The number of nitrogens with one attached hydrogen (secondary N) is 1. The number of aromatic carboxylic acids is 1. The fraction of sp³-hybridized carbons (Fsp3) is 0.154. The number of aryl methyl sites for hydroxylation is 1. The maximum absolute atomic E-state index is 12.1. The Morgan fingerprint density at radius 1 is 1.53 bits per heavy atom. The van der Waals surface area contributed by atoms with E-state index in [1.165, 1.54) is 16.8 Å². The normalized spacial score (nSPS) is 10.1. The second kappa shape index (κ2) is 4.82. The first-order chi connectivity index (χ1) is 9.04. The van der Waals surface area contributed by atoms with Crippen LogP contribution >= 0.6 is 0 Å². The third-order valence-corrected chi connectivity index (χ3v) is 2.80. The van der Waals surface area contributed by atoms with Crippen LogP contribution in [-0.2, 0) is 6.42 Å². The minimum absolute atomic E-state index is 0.0206. The Balaban J connectivity index is 2.57. The van der Waals surface area contributed by atoms with Gasteiger partial charge in [0.2, 0.25) is 0 Å². The lowest BCUT2D eigenvalue weighted by Crippen LogP contribution is -2.17. The molecule has 1 aromatic heterocycles. The number of H-pyrrole nitrogens is 1. The van der Waals surface area contributed by atoms with E-state index >= 15 is 0 Å². The van der Waals surface area contributed by atoms with Crippen molar-refractivity contribution in [3.8, 4) is 11.8 Å². The highest BCUT2D eigenvalue weighted by Gasteiger charge is 2.13. The van der Waals surface area contributed by atoms with Gasteiger partial charge in [0.1, 0.15) is 0 Å². The Hall–Kier alpha value is -2.81. The standard InChI is InChI=1S/C13H11N3O3/c1-8-11(5-6-14)12(17)16(15-8)10-4-2-3-9(7-10)13(18)19/h2-4,7,15H,5H2,1H3,(H,18,19). The van der Waals surface area contributed by atoms with Gasteiger partial charge in [-0.3, -0.25) is 9.89 Å². The van der Waals surface area contributed by atoms with E-state index in [9.17, 15) is 9.59 Å². The fourth-order valence-corrected chi connectivity index (χ4v) is 1.83. The number of carboxylic acid groups (broad SMARTS) is 1. The lowest BCUT2D eigenvalue weighted by atomic mass is 10.2. The molecule has 2 aromatic rings. The quantitative estimate of drug-likeness (QED) is 0.864. The molecule has 0 radical (unpaired) electrons. The molecule has 0 fully saturated rings. The molecular weight excluding hydrogens is 246 g/mol. The lowest BCUT2D eigenvalue weighted by Gasteiger charge is -2.02. The number of benzene rings is 1. The zero-order valence-electron chi connectivity index (χ0n) is 10.2. The summed E-state index contributed by atoms with van der Waals surface area (Å²) in [6.45, 7) is 1.70. The van der Waals surface area contributed by atoms with Crippen molar-refractivity contribution in [3.05, 3.63) is 51.4 Å². The van der Waals surface area contributed by atoms with E-state index in [2.05, 4.69) is 5.10 Å². The SMILES string of the molecule is Cc1[nH]n(-c2cccc(C(=O)O)c2)c(=O)c1CC#N.